The number of fused-ring (bicyclic) bond motifs is 1. The summed E-state index contributed by atoms with van der Waals surface area (Å²) in [5, 5.41) is 13.9. The highest BCUT2D eigenvalue weighted by atomic mass is 16.3. The second kappa shape index (κ2) is 5.13. The van der Waals surface area contributed by atoms with E-state index in [1.54, 1.807) is 36.5 Å². The van der Waals surface area contributed by atoms with Crippen LogP contribution in [-0.4, -0.2) is 21.7 Å². The summed E-state index contributed by atoms with van der Waals surface area (Å²) in [6.45, 7) is 0. The van der Waals surface area contributed by atoms with Crippen molar-refractivity contribution in [1.82, 2.24) is 10.4 Å². The average Bonchev–Trinajstić information content (AvgIpc) is 2.90. The van der Waals surface area contributed by atoms with E-state index in [9.17, 15) is 9.90 Å². The highest BCUT2D eigenvalue weighted by Crippen LogP contribution is 2.29. The SMILES string of the molecule is O=C(N/N=C1/CCc2c(O)cccc21)c1ccccn1. The topological polar surface area (TPSA) is 74.6 Å². The van der Waals surface area contributed by atoms with E-state index in [-0.39, 0.29) is 11.7 Å². The minimum atomic E-state index is -0.341. The van der Waals surface area contributed by atoms with Crippen molar-refractivity contribution in [2.45, 2.75) is 12.8 Å². The number of phenolic OH excluding ortho intramolecular Hbond substituents is 1. The number of hydrogen-bond donors (Lipinski definition) is 2. The van der Waals surface area contributed by atoms with E-state index in [2.05, 4.69) is 15.5 Å². The summed E-state index contributed by atoms with van der Waals surface area (Å²) in [6, 6.07) is 10.5. The van der Waals surface area contributed by atoms with E-state index >= 15 is 0 Å². The normalized spacial score (nSPS) is 15.1. The van der Waals surface area contributed by atoms with Gasteiger partial charge in [0.1, 0.15) is 11.4 Å². The van der Waals surface area contributed by atoms with Crippen LogP contribution in [0.25, 0.3) is 0 Å². The van der Waals surface area contributed by atoms with Gasteiger partial charge < -0.3 is 5.11 Å². The summed E-state index contributed by atoms with van der Waals surface area (Å²) in [5.41, 5.74) is 5.39. The fraction of sp³-hybridized carbons (Fsp3) is 0.133. The number of benzene rings is 1. The molecule has 2 aromatic rings. The number of phenols is 1. The number of nitrogens with one attached hydrogen (secondary N) is 1. The number of pyridine rings is 1. The lowest BCUT2D eigenvalue weighted by atomic mass is 10.1. The molecule has 1 amide bonds. The van der Waals surface area contributed by atoms with Crippen LogP contribution in [0.5, 0.6) is 5.75 Å². The standard InChI is InChI=1S/C15H13N3O2/c19-14-6-3-4-10-11(14)7-8-12(10)17-18-15(20)13-5-1-2-9-16-13/h1-6,9,19H,7-8H2,(H,18,20)/b17-12-. The molecule has 5 nitrogen and oxygen atoms in total. The predicted octanol–water partition coefficient (Wildman–Crippen LogP) is 1.87. The Morgan fingerprint density at radius 2 is 2.10 bits per heavy atom. The van der Waals surface area contributed by atoms with Crippen molar-refractivity contribution in [2.75, 3.05) is 0 Å². The van der Waals surface area contributed by atoms with Crippen LogP contribution in [0.3, 0.4) is 0 Å². The summed E-state index contributed by atoms with van der Waals surface area (Å²) in [4.78, 5) is 15.8. The zero-order valence-corrected chi connectivity index (χ0v) is 10.7. The third-order valence-corrected chi connectivity index (χ3v) is 3.26. The molecule has 0 atom stereocenters. The van der Waals surface area contributed by atoms with Crippen LogP contribution >= 0.6 is 0 Å². The van der Waals surface area contributed by atoms with Crippen LogP contribution in [0.15, 0.2) is 47.7 Å². The second-order valence-corrected chi connectivity index (χ2v) is 4.52. The van der Waals surface area contributed by atoms with E-state index in [4.69, 9.17) is 0 Å². The first kappa shape index (κ1) is 12.3. The number of carbonyl (C=O) groups excluding carboxylic acids is 1. The number of hydrogen-bond acceptors (Lipinski definition) is 4. The van der Waals surface area contributed by atoms with Crippen molar-refractivity contribution >= 4 is 11.6 Å². The molecule has 0 radical (unpaired) electrons. The Labute approximate surface area is 116 Å². The molecule has 1 aliphatic carbocycles. The van der Waals surface area contributed by atoms with Gasteiger partial charge in [-0.25, -0.2) is 5.43 Å². The van der Waals surface area contributed by atoms with Crippen LogP contribution in [0.2, 0.25) is 0 Å². The van der Waals surface area contributed by atoms with Gasteiger partial charge in [0.2, 0.25) is 0 Å². The van der Waals surface area contributed by atoms with E-state index in [1.807, 2.05) is 6.07 Å². The molecule has 20 heavy (non-hydrogen) atoms. The van der Waals surface area contributed by atoms with Gasteiger partial charge >= 0.3 is 0 Å². The number of aromatic nitrogens is 1. The molecule has 1 aromatic carbocycles. The fourth-order valence-corrected chi connectivity index (χ4v) is 2.27. The van der Waals surface area contributed by atoms with Gasteiger partial charge in [0.05, 0.1) is 5.71 Å². The van der Waals surface area contributed by atoms with Gasteiger partial charge in [0.15, 0.2) is 0 Å². The lowest BCUT2D eigenvalue weighted by Crippen LogP contribution is -2.20. The summed E-state index contributed by atoms with van der Waals surface area (Å²) in [6.07, 6.45) is 3.00. The Morgan fingerprint density at radius 3 is 2.90 bits per heavy atom. The Hall–Kier alpha value is -2.69. The van der Waals surface area contributed by atoms with E-state index in [0.29, 0.717) is 12.1 Å². The smallest absolute Gasteiger partial charge is 0.289 e. The number of carbonyl (C=O) groups is 1. The molecule has 1 heterocycles. The van der Waals surface area contributed by atoms with Crippen molar-refractivity contribution in [3.8, 4) is 5.75 Å². The van der Waals surface area contributed by atoms with Crippen molar-refractivity contribution < 1.29 is 9.90 Å². The fourth-order valence-electron chi connectivity index (χ4n) is 2.27. The lowest BCUT2D eigenvalue weighted by Gasteiger charge is -2.03. The first-order valence-corrected chi connectivity index (χ1v) is 6.35. The van der Waals surface area contributed by atoms with Crippen LogP contribution < -0.4 is 5.43 Å². The van der Waals surface area contributed by atoms with Gasteiger partial charge in [0, 0.05) is 17.3 Å². The van der Waals surface area contributed by atoms with E-state index in [1.165, 1.54) is 0 Å². The first-order valence-electron chi connectivity index (χ1n) is 6.35. The molecule has 0 bridgehead atoms. The number of amides is 1. The maximum Gasteiger partial charge on any atom is 0.289 e. The zero-order valence-electron chi connectivity index (χ0n) is 10.7. The van der Waals surface area contributed by atoms with Gasteiger partial charge in [-0.05, 0) is 31.0 Å². The molecule has 0 saturated carbocycles. The van der Waals surface area contributed by atoms with Crippen LogP contribution in [0, 0.1) is 0 Å². The maximum atomic E-state index is 11.9. The largest absolute Gasteiger partial charge is 0.508 e. The predicted molar refractivity (Wildman–Crippen MR) is 74.7 cm³/mol. The van der Waals surface area contributed by atoms with E-state index in [0.717, 1.165) is 23.3 Å². The first-order chi connectivity index (χ1) is 9.75. The monoisotopic (exact) mass is 267 g/mol. The van der Waals surface area contributed by atoms with Crippen molar-refractivity contribution in [2.24, 2.45) is 5.10 Å². The Kier molecular flexibility index (Phi) is 3.16. The maximum absolute atomic E-state index is 11.9. The third-order valence-electron chi connectivity index (χ3n) is 3.26. The molecule has 1 aromatic heterocycles. The number of aromatic hydroxyl groups is 1. The lowest BCUT2D eigenvalue weighted by molar-refractivity contribution is 0.0950. The molecular formula is C15H13N3O2. The highest BCUT2D eigenvalue weighted by Gasteiger charge is 2.20. The third kappa shape index (κ3) is 2.25. The molecule has 5 heteroatoms. The summed E-state index contributed by atoms with van der Waals surface area (Å²) in [7, 11) is 0. The highest BCUT2D eigenvalue weighted by molar-refractivity contribution is 6.06. The number of nitrogens with zero attached hydrogens (tertiary/aromatic N) is 2. The molecule has 0 unspecified atom stereocenters. The quantitative estimate of drug-likeness (QED) is 0.816. The minimum absolute atomic E-state index is 0.281. The summed E-state index contributed by atoms with van der Waals surface area (Å²) >= 11 is 0. The van der Waals surface area contributed by atoms with E-state index < -0.39 is 0 Å². The van der Waals surface area contributed by atoms with Gasteiger partial charge in [-0.2, -0.15) is 5.10 Å². The second-order valence-electron chi connectivity index (χ2n) is 4.52. The molecular weight excluding hydrogens is 254 g/mol. The molecule has 100 valence electrons. The molecule has 0 aliphatic heterocycles. The summed E-state index contributed by atoms with van der Waals surface area (Å²) < 4.78 is 0. The Morgan fingerprint density at radius 1 is 1.20 bits per heavy atom. The average molecular weight is 267 g/mol. The zero-order chi connectivity index (χ0) is 13.9. The molecule has 0 fully saturated rings. The molecule has 2 N–H and O–H groups in total. The summed E-state index contributed by atoms with van der Waals surface area (Å²) in [5.74, 6) is -0.0598. The van der Waals surface area contributed by atoms with Crippen LogP contribution in [-0.2, 0) is 6.42 Å². The van der Waals surface area contributed by atoms with Crippen molar-refractivity contribution in [1.29, 1.82) is 0 Å². The number of rotatable bonds is 2. The van der Waals surface area contributed by atoms with Crippen LogP contribution in [0.1, 0.15) is 28.0 Å². The van der Waals surface area contributed by atoms with Gasteiger partial charge in [-0.1, -0.05) is 18.2 Å². The Balaban J connectivity index is 1.80. The van der Waals surface area contributed by atoms with Crippen molar-refractivity contribution in [3.63, 3.8) is 0 Å². The van der Waals surface area contributed by atoms with Crippen LogP contribution in [0.4, 0.5) is 0 Å². The van der Waals surface area contributed by atoms with Gasteiger partial charge in [-0.15, -0.1) is 0 Å². The van der Waals surface area contributed by atoms with Gasteiger partial charge in [0.25, 0.3) is 5.91 Å². The molecule has 3 rings (SSSR count). The molecule has 0 saturated heterocycles. The molecule has 0 spiro atoms. The van der Waals surface area contributed by atoms with Crippen molar-refractivity contribution in [3.05, 3.63) is 59.4 Å². The number of hydrazone groups is 1. The minimum Gasteiger partial charge on any atom is -0.508 e. The van der Waals surface area contributed by atoms with Gasteiger partial charge in [-0.3, -0.25) is 9.78 Å². The molecule has 1 aliphatic rings. The Bertz CT molecular complexity index is 681.